The molecule has 1 heterocycles. The van der Waals surface area contributed by atoms with Crippen LogP contribution < -0.4 is 4.90 Å². The number of Topliss-reactive ketones (excluding diaryl/α,β-unsaturated/α-hetero) is 1. The van der Waals surface area contributed by atoms with Crippen molar-refractivity contribution in [2.45, 2.75) is 19.8 Å². The highest BCUT2D eigenvalue weighted by atomic mass is 19.1. The number of benzene rings is 1. The first-order valence-electron chi connectivity index (χ1n) is 6.88. The third-order valence-corrected chi connectivity index (χ3v) is 3.59. The summed E-state index contributed by atoms with van der Waals surface area (Å²) in [6.45, 7) is 5.49. The fourth-order valence-electron chi connectivity index (χ4n) is 2.36. The molecule has 2 rings (SSSR count). The summed E-state index contributed by atoms with van der Waals surface area (Å²) in [6, 6.07) is 4.86. The number of anilines is 1. The minimum absolute atomic E-state index is 0.0197. The van der Waals surface area contributed by atoms with Gasteiger partial charge in [0.25, 0.3) is 0 Å². The molecule has 0 aromatic heterocycles. The van der Waals surface area contributed by atoms with E-state index in [1.165, 1.54) is 6.07 Å². The zero-order chi connectivity index (χ0) is 13.8. The summed E-state index contributed by atoms with van der Waals surface area (Å²) in [6.07, 6.45) is 1.27. The third kappa shape index (κ3) is 3.32. The van der Waals surface area contributed by atoms with Gasteiger partial charge in [0.05, 0.1) is 5.69 Å². The molecule has 0 saturated carbocycles. The maximum absolute atomic E-state index is 14.1. The Hall–Kier alpha value is -1.42. The van der Waals surface area contributed by atoms with Gasteiger partial charge in [-0.3, -0.25) is 4.79 Å². The van der Waals surface area contributed by atoms with Gasteiger partial charge in [0.2, 0.25) is 0 Å². The number of nitrogens with zero attached hydrogens (tertiary/aromatic N) is 2. The maximum atomic E-state index is 14.1. The van der Waals surface area contributed by atoms with Crippen LogP contribution in [0.3, 0.4) is 0 Å². The molecule has 0 bridgehead atoms. The Morgan fingerprint density at radius 3 is 2.53 bits per heavy atom. The minimum atomic E-state index is -0.286. The molecule has 0 radical (unpaired) electrons. The van der Waals surface area contributed by atoms with Crippen molar-refractivity contribution in [2.24, 2.45) is 0 Å². The van der Waals surface area contributed by atoms with Crippen LogP contribution in [0.1, 0.15) is 30.1 Å². The first-order valence-corrected chi connectivity index (χ1v) is 6.88. The highest BCUT2D eigenvalue weighted by Gasteiger charge is 2.18. The lowest BCUT2D eigenvalue weighted by Gasteiger charge is -2.34. The molecule has 0 spiro atoms. The average molecular weight is 264 g/mol. The Morgan fingerprint density at radius 2 is 1.95 bits per heavy atom. The van der Waals surface area contributed by atoms with Crippen molar-refractivity contribution in [3.8, 4) is 0 Å². The van der Waals surface area contributed by atoms with Gasteiger partial charge in [-0.05, 0) is 31.7 Å². The summed E-state index contributed by atoms with van der Waals surface area (Å²) in [4.78, 5) is 16.0. The Balaban J connectivity index is 2.13. The second-order valence-corrected chi connectivity index (χ2v) is 5.13. The number of hydrogen-bond acceptors (Lipinski definition) is 3. The number of likely N-dealkylation sites (N-methyl/N-ethyl adjacent to an activating group) is 1. The third-order valence-electron chi connectivity index (χ3n) is 3.59. The zero-order valence-electron chi connectivity index (χ0n) is 11.7. The smallest absolute Gasteiger partial charge is 0.162 e. The van der Waals surface area contributed by atoms with E-state index in [1.54, 1.807) is 12.1 Å². The summed E-state index contributed by atoms with van der Waals surface area (Å²) >= 11 is 0. The largest absolute Gasteiger partial charge is 0.367 e. The molecule has 1 aromatic carbocycles. The van der Waals surface area contributed by atoms with E-state index >= 15 is 0 Å². The molecule has 0 atom stereocenters. The van der Waals surface area contributed by atoms with Gasteiger partial charge < -0.3 is 9.80 Å². The molecule has 1 fully saturated rings. The lowest BCUT2D eigenvalue weighted by molar-refractivity contribution is 0.0981. The first-order chi connectivity index (χ1) is 9.11. The van der Waals surface area contributed by atoms with Crippen molar-refractivity contribution in [1.29, 1.82) is 0 Å². The van der Waals surface area contributed by atoms with Crippen molar-refractivity contribution in [3.63, 3.8) is 0 Å². The highest BCUT2D eigenvalue weighted by molar-refractivity contribution is 5.96. The second kappa shape index (κ2) is 6.15. The van der Waals surface area contributed by atoms with Crippen LogP contribution in [0.2, 0.25) is 0 Å². The number of ketones is 1. The highest BCUT2D eigenvalue weighted by Crippen LogP contribution is 2.22. The molecule has 0 amide bonds. The predicted octanol–water partition coefficient (Wildman–Crippen LogP) is 2.56. The average Bonchev–Trinajstić information content (AvgIpc) is 2.40. The van der Waals surface area contributed by atoms with E-state index in [2.05, 4.69) is 11.9 Å². The number of rotatable bonds is 4. The van der Waals surface area contributed by atoms with E-state index in [1.807, 2.05) is 11.8 Å². The standard InChI is InChI=1S/C15H21FN2O/c1-3-4-15(19)12-5-6-14(13(16)11-12)18-9-7-17(2)8-10-18/h5-6,11H,3-4,7-10H2,1-2H3. The second-order valence-electron chi connectivity index (χ2n) is 5.13. The van der Waals surface area contributed by atoms with Crippen LogP contribution in [0, 0.1) is 5.82 Å². The first kappa shape index (κ1) is 14.0. The number of carbonyl (C=O) groups excluding carboxylic acids is 1. The van der Waals surface area contributed by atoms with Gasteiger partial charge in [-0.1, -0.05) is 6.92 Å². The molecule has 1 aliphatic rings. The minimum Gasteiger partial charge on any atom is -0.367 e. The molecule has 3 nitrogen and oxygen atoms in total. The molecule has 0 aliphatic carbocycles. The molecular formula is C15H21FN2O. The van der Waals surface area contributed by atoms with Crippen LogP contribution >= 0.6 is 0 Å². The monoisotopic (exact) mass is 264 g/mol. The van der Waals surface area contributed by atoms with E-state index in [0.717, 1.165) is 32.6 Å². The lowest BCUT2D eigenvalue weighted by atomic mass is 10.1. The van der Waals surface area contributed by atoms with Crippen LogP contribution in [0.4, 0.5) is 10.1 Å². The van der Waals surface area contributed by atoms with Crippen LogP contribution in [0.5, 0.6) is 0 Å². The Morgan fingerprint density at radius 1 is 1.26 bits per heavy atom. The normalized spacial score (nSPS) is 16.7. The van der Waals surface area contributed by atoms with Gasteiger partial charge in [0, 0.05) is 38.2 Å². The van der Waals surface area contributed by atoms with Crippen molar-refractivity contribution >= 4 is 11.5 Å². The predicted molar refractivity (Wildman–Crippen MR) is 75.3 cm³/mol. The molecule has 1 aliphatic heterocycles. The van der Waals surface area contributed by atoms with Crippen LogP contribution in [0.15, 0.2) is 18.2 Å². The van der Waals surface area contributed by atoms with Gasteiger partial charge in [-0.25, -0.2) is 4.39 Å². The summed E-state index contributed by atoms with van der Waals surface area (Å²) in [5, 5.41) is 0. The number of piperazine rings is 1. The SMILES string of the molecule is CCCC(=O)c1ccc(N2CCN(C)CC2)c(F)c1. The van der Waals surface area contributed by atoms with Crippen LogP contribution in [-0.4, -0.2) is 43.9 Å². The van der Waals surface area contributed by atoms with Crippen molar-refractivity contribution < 1.29 is 9.18 Å². The summed E-state index contributed by atoms with van der Waals surface area (Å²) in [5.74, 6) is -0.266. The molecule has 1 saturated heterocycles. The van der Waals surface area contributed by atoms with Crippen LogP contribution in [0.25, 0.3) is 0 Å². The molecule has 4 heteroatoms. The Bertz CT molecular complexity index is 453. The van der Waals surface area contributed by atoms with Gasteiger partial charge in [0.1, 0.15) is 5.82 Å². The van der Waals surface area contributed by atoms with Crippen molar-refractivity contribution in [3.05, 3.63) is 29.6 Å². The van der Waals surface area contributed by atoms with E-state index in [4.69, 9.17) is 0 Å². The number of carbonyl (C=O) groups is 1. The van der Waals surface area contributed by atoms with E-state index in [0.29, 0.717) is 17.7 Å². The molecule has 19 heavy (non-hydrogen) atoms. The van der Waals surface area contributed by atoms with Crippen molar-refractivity contribution in [1.82, 2.24) is 4.90 Å². The fourth-order valence-corrected chi connectivity index (χ4v) is 2.36. The number of halogens is 1. The Labute approximate surface area is 114 Å². The molecular weight excluding hydrogens is 243 g/mol. The van der Waals surface area contributed by atoms with Crippen LogP contribution in [-0.2, 0) is 0 Å². The summed E-state index contributed by atoms with van der Waals surface area (Å²) < 4.78 is 14.1. The maximum Gasteiger partial charge on any atom is 0.162 e. The summed E-state index contributed by atoms with van der Waals surface area (Å²) in [7, 11) is 2.07. The van der Waals surface area contributed by atoms with E-state index in [-0.39, 0.29) is 11.6 Å². The number of hydrogen-bond donors (Lipinski definition) is 0. The van der Waals surface area contributed by atoms with Gasteiger partial charge in [-0.15, -0.1) is 0 Å². The fraction of sp³-hybridized carbons (Fsp3) is 0.533. The van der Waals surface area contributed by atoms with Gasteiger partial charge in [-0.2, -0.15) is 0 Å². The zero-order valence-corrected chi connectivity index (χ0v) is 11.7. The van der Waals surface area contributed by atoms with E-state index in [9.17, 15) is 9.18 Å². The van der Waals surface area contributed by atoms with Crippen molar-refractivity contribution in [2.75, 3.05) is 38.1 Å². The molecule has 104 valence electrons. The quantitative estimate of drug-likeness (QED) is 0.781. The summed E-state index contributed by atoms with van der Waals surface area (Å²) in [5.41, 5.74) is 1.10. The topological polar surface area (TPSA) is 23.6 Å². The lowest BCUT2D eigenvalue weighted by Crippen LogP contribution is -2.44. The van der Waals surface area contributed by atoms with E-state index < -0.39 is 0 Å². The van der Waals surface area contributed by atoms with Gasteiger partial charge >= 0.3 is 0 Å². The molecule has 1 aromatic rings. The molecule has 0 unspecified atom stereocenters. The Kier molecular flexibility index (Phi) is 4.53. The molecule has 0 N–H and O–H groups in total. The van der Waals surface area contributed by atoms with Gasteiger partial charge in [0.15, 0.2) is 5.78 Å².